The van der Waals surface area contributed by atoms with Crippen LogP contribution in [0.2, 0.25) is 18.1 Å². The smallest absolute Gasteiger partial charge is 0.193 e. The van der Waals surface area contributed by atoms with Gasteiger partial charge in [-0.3, -0.25) is 0 Å². The Morgan fingerprint density at radius 2 is 1.69 bits per heavy atom. The molecule has 1 N–H and O–H groups in total. The fourth-order valence-electron chi connectivity index (χ4n) is 5.34. The van der Waals surface area contributed by atoms with Gasteiger partial charge in [-0.25, -0.2) is 0 Å². The summed E-state index contributed by atoms with van der Waals surface area (Å²) >= 11 is 0. The molecule has 3 aliphatic rings. The maximum Gasteiger partial charge on any atom is 0.193 e. The molecular formula is C27H48O4Si. The van der Waals surface area contributed by atoms with Gasteiger partial charge >= 0.3 is 0 Å². The van der Waals surface area contributed by atoms with E-state index < -0.39 is 14.1 Å². The monoisotopic (exact) mass is 464 g/mol. The second-order valence-corrected chi connectivity index (χ2v) is 16.6. The zero-order valence-electron chi connectivity index (χ0n) is 21.5. The van der Waals surface area contributed by atoms with Crippen molar-refractivity contribution < 1.29 is 19.0 Å². The molecule has 4 nitrogen and oxygen atoms in total. The lowest BCUT2D eigenvalue weighted by atomic mass is 9.69. The van der Waals surface area contributed by atoms with E-state index in [4.69, 9.17) is 13.9 Å². The van der Waals surface area contributed by atoms with Crippen molar-refractivity contribution in [3.05, 3.63) is 0 Å². The first kappa shape index (κ1) is 26.2. The van der Waals surface area contributed by atoms with Crippen molar-refractivity contribution in [1.82, 2.24) is 0 Å². The Hall–Kier alpha value is -0.383. The molecule has 2 saturated carbocycles. The van der Waals surface area contributed by atoms with Crippen molar-refractivity contribution >= 4 is 8.32 Å². The molecule has 3 rings (SSSR count). The molecule has 1 aliphatic heterocycles. The van der Waals surface area contributed by atoms with Gasteiger partial charge in [0.1, 0.15) is 6.10 Å². The molecular weight excluding hydrogens is 416 g/mol. The van der Waals surface area contributed by atoms with E-state index in [1.165, 1.54) is 44.9 Å². The SMILES string of the molecule is CCCCCCCCCC(C#CC1CC2C(CC23OCCO3)C1O)O[Si](C)(C)C(C)(C)C. The highest BCUT2D eigenvalue weighted by atomic mass is 28.4. The van der Waals surface area contributed by atoms with Gasteiger partial charge in [-0.2, -0.15) is 0 Å². The fourth-order valence-corrected chi connectivity index (χ4v) is 6.58. The number of rotatable bonds is 10. The summed E-state index contributed by atoms with van der Waals surface area (Å²) in [6, 6.07) is 0. The van der Waals surface area contributed by atoms with Crippen LogP contribution in [0.15, 0.2) is 0 Å². The lowest BCUT2D eigenvalue weighted by molar-refractivity contribution is -0.275. The maximum absolute atomic E-state index is 10.9. The van der Waals surface area contributed by atoms with Crippen molar-refractivity contribution in [2.45, 2.75) is 128 Å². The van der Waals surface area contributed by atoms with Crippen LogP contribution in [0.25, 0.3) is 0 Å². The van der Waals surface area contributed by atoms with E-state index >= 15 is 0 Å². The fraction of sp³-hybridized carbons (Fsp3) is 0.926. The van der Waals surface area contributed by atoms with Gasteiger partial charge in [0, 0.05) is 18.3 Å². The Labute approximate surface area is 198 Å². The number of hydrogen-bond donors (Lipinski definition) is 1. The minimum Gasteiger partial charge on any atom is -0.403 e. The van der Waals surface area contributed by atoms with Crippen LogP contribution >= 0.6 is 0 Å². The van der Waals surface area contributed by atoms with Gasteiger partial charge in [-0.15, -0.1) is 0 Å². The van der Waals surface area contributed by atoms with Crippen LogP contribution in [-0.2, 0) is 13.9 Å². The van der Waals surface area contributed by atoms with Gasteiger partial charge in [0.2, 0.25) is 0 Å². The number of aliphatic hydroxyl groups excluding tert-OH is 1. The van der Waals surface area contributed by atoms with E-state index in [9.17, 15) is 5.11 Å². The summed E-state index contributed by atoms with van der Waals surface area (Å²) < 4.78 is 18.6. The Morgan fingerprint density at radius 3 is 2.31 bits per heavy atom. The number of unbranched alkanes of at least 4 members (excludes halogenated alkanes) is 6. The van der Waals surface area contributed by atoms with Gasteiger partial charge in [0.05, 0.1) is 19.3 Å². The number of ether oxygens (including phenoxy) is 2. The van der Waals surface area contributed by atoms with E-state index in [0.29, 0.717) is 19.1 Å². The van der Waals surface area contributed by atoms with Crippen LogP contribution in [0.4, 0.5) is 0 Å². The van der Waals surface area contributed by atoms with Gasteiger partial charge in [0.15, 0.2) is 14.1 Å². The average molecular weight is 465 g/mol. The standard InChI is InChI=1S/C27H48O4Si/c1-7-8-9-10-11-12-13-14-22(31-32(5,6)26(2,3)4)16-15-21-19-24-23(25(21)28)20-27(24)29-17-18-30-27/h21-25,28H,7-14,17-20H2,1-6H3. The van der Waals surface area contributed by atoms with Crippen LogP contribution < -0.4 is 0 Å². The summed E-state index contributed by atoms with van der Waals surface area (Å²) in [5.41, 5.74) is 0. The lowest BCUT2D eigenvalue weighted by Crippen LogP contribution is -2.54. The Balaban J connectivity index is 1.58. The van der Waals surface area contributed by atoms with E-state index in [0.717, 1.165) is 19.3 Å². The third-order valence-corrected chi connectivity index (χ3v) is 13.0. The van der Waals surface area contributed by atoms with Crippen molar-refractivity contribution in [1.29, 1.82) is 0 Å². The highest BCUT2D eigenvalue weighted by molar-refractivity contribution is 6.74. The van der Waals surface area contributed by atoms with Gasteiger partial charge < -0.3 is 19.0 Å². The number of aliphatic hydroxyl groups is 1. The summed E-state index contributed by atoms with van der Waals surface area (Å²) in [6.07, 6.45) is 11.4. The maximum atomic E-state index is 10.9. The summed E-state index contributed by atoms with van der Waals surface area (Å²) in [6.45, 7) is 15.1. The summed E-state index contributed by atoms with van der Waals surface area (Å²) in [4.78, 5) is 0. The molecule has 5 heteroatoms. The molecule has 32 heavy (non-hydrogen) atoms. The third kappa shape index (κ3) is 5.99. The van der Waals surface area contributed by atoms with Crippen molar-refractivity contribution in [3.8, 4) is 11.8 Å². The molecule has 0 amide bonds. The molecule has 1 spiro atoms. The normalized spacial score (nSPS) is 30.0. The summed E-state index contributed by atoms with van der Waals surface area (Å²) in [5.74, 6) is 7.13. The molecule has 2 aliphatic carbocycles. The Kier molecular flexibility index (Phi) is 8.94. The minimum absolute atomic E-state index is 0.0109. The van der Waals surface area contributed by atoms with Gasteiger partial charge in [-0.05, 0) is 43.3 Å². The third-order valence-electron chi connectivity index (χ3n) is 8.48. The Morgan fingerprint density at radius 1 is 1.06 bits per heavy atom. The molecule has 184 valence electrons. The number of hydrogen-bond acceptors (Lipinski definition) is 4. The summed E-state index contributed by atoms with van der Waals surface area (Å²) in [5, 5.41) is 11.0. The van der Waals surface area contributed by atoms with Crippen molar-refractivity contribution in [2.24, 2.45) is 17.8 Å². The van der Waals surface area contributed by atoms with Crippen LogP contribution in [0.5, 0.6) is 0 Å². The first-order valence-corrected chi connectivity index (χ1v) is 16.2. The summed E-state index contributed by atoms with van der Waals surface area (Å²) in [7, 11) is -1.89. The molecule has 3 fully saturated rings. The first-order valence-electron chi connectivity index (χ1n) is 13.2. The molecule has 1 heterocycles. The molecule has 0 aromatic heterocycles. The zero-order valence-corrected chi connectivity index (χ0v) is 22.5. The molecule has 0 bridgehead atoms. The van der Waals surface area contributed by atoms with Crippen molar-refractivity contribution in [3.63, 3.8) is 0 Å². The lowest BCUT2D eigenvalue weighted by Gasteiger charge is -2.48. The van der Waals surface area contributed by atoms with Crippen LogP contribution in [0.1, 0.15) is 91.9 Å². The highest BCUT2D eigenvalue weighted by Crippen LogP contribution is 2.59. The minimum atomic E-state index is -1.89. The molecule has 0 aromatic carbocycles. The molecule has 1 saturated heterocycles. The molecule has 0 aromatic rings. The van der Waals surface area contributed by atoms with E-state index in [2.05, 4.69) is 52.6 Å². The second-order valence-electron chi connectivity index (χ2n) is 11.9. The number of fused-ring (bicyclic) bond motifs is 2. The van der Waals surface area contributed by atoms with E-state index in [-0.39, 0.29) is 29.1 Å². The molecule has 0 radical (unpaired) electrons. The largest absolute Gasteiger partial charge is 0.403 e. The quantitative estimate of drug-likeness (QED) is 0.235. The van der Waals surface area contributed by atoms with Crippen LogP contribution in [0, 0.1) is 29.6 Å². The first-order chi connectivity index (χ1) is 15.1. The highest BCUT2D eigenvalue weighted by Gasteiger charge is 2.64. The predicted octanol–water partition coefficient (Wildman–Crippen LogP) is 6.28. The topological polar surface area (TPSA) is 47.9 Å². The van der Waals surface area contributed by atoms with Crippen molar-refractivity contribution in [2.75, 3.05) is 13.2 Å². The predicted molar refractivity (Wildman–Crippen MR) is 133 cm³/mol. The van der Waals surface area contributed by atoms with Gasteiger partial charge in [-0.1, -0.05) is 78.1 Å². The zero-order chi connectivity index (χ0) is 23.4. The van der Waals surface area contributed by atoms with Gasteiger partial charge in [0.25, 0.3) is 0 Å². The van der Waals surface area contributed by atoms with E-state index in [1.807, 2.05) is 0 Å². The van der Waals surface area contributed by atoms with Crippen LogP contribution in [-0.4, -0.2) is 44.6 Å². The average Bonchev–Trinajstić information content (AvgIpc) is 3.30. The second kappa shape index (κ2) is 10.9. The Bertz CT molecular complexity index is 653. The van der Waals surface area contributed by atoms with E-state index in [1.54, 1.807) is 0 Å². The van der Waals surface area contributed by atoms with Crippen LogP contribution in [0.3, 0.4) is 0 Å². The molecule has 5 unspecified atom stereocenters. The molecule has 5 atom stereocenters.